The van der Waals surface area contributed by atoms with E-state index in [1.807, 2.05) is 45.0 Å². The van der Waals surface area contributed by atoms with Crippen LogP contribution in [0.1, 0.15) is 54.9 Å². The average Bonchev–Trinajstić information content (AvgIpc) is 2.67. The molecule has 2 atom stereocenters. The summed E-state index contributed by atoms with van der Waals surface area (Å²) in [5.74, 6) is -0.148. The second kappa shape index (κ2) is 8.71. The van der Waals surface area contributed by atoms with Crippen molar-refractivity contribution < 1.29 is 9.59 Å². The Balaban J connectivity index is 1.79. The van der Waals surface area contributed by atoms with Gasteiger partial charge in [-0.3, -0.25) is 19.9 Å². The topological polar surface area (TPSA) is 83.1 Å². The van der Waals surface area contributed by atoms with Gasteiger partial charge in [0, 0.05) is 35.7 Å². The molecule has 148 valence electrons. The lowest BCUT2D eigenvalue weighted by Gasteiger charge is -2.32. The van der Waals surface area contributed by atoms with Crippen molar-refractivity contribution in [1.29, 1.82) is 0 Å². The minimum atomic E-state index is -0.428. The summed E-state index contributed by atoms with van der Waals surface area (Å²) in [6, 6.07) is 9.29. The smallest absolute Gasteiger partial charge is 0.223 e. The Morgan fingerprint density at radius 1 is 1.32 bits per heavy atom. The maximum absolute atomic E-state index is 12.3. The highest BCUT2D eigenvalue weighted by atomic mass is 35.5. The summed E-state index contributed by atoms with van der Waals surface area (Å²) in [5, 5.41) is 9.81. The summed E-state index contributed by atoms with van der Waals surface area (Å²) in [6.45, 7) is 6.08. The van der Waals surface area contributed by atoms with Gasteiger partial charge in [0.1, 0.15) is 6.17 Å². The molecule has 2 heterocycles. The molecule has 3 N–H and O–H groups in total. The molecule has 1 aliphatic rings. The Labute approximate surface area is 170 Å². The number of nitrogens with one attached hydrogen (secondary N) is 3. The lowest BCUT2D eigenvalue weighted by atomic mass is 10.0. The van der Waals surface area contributed by atoms with Crippen LogP contribution in [0.4, 0.5) is 0 Å². The molecular formula is C21H25ClN4O2. The van der Waals surface area contributed by atoms with Crippen molar-refractivity contribution in [3.63, 3.8) is 0 Å². The number of aryl methyl sites for hydroxylation is 1. The molecule has 0 radical (unpaired) electrons. The van der Waals surface area contributed by atoms with E-state index < -0.39 is 6.17 Å². The van der Waals surface area contributed by atoms with E-state index in [0.29, 0.717) is 18.0 Å². The maximum Gasteiger partial charge on any atom is 0.223 e. The SMILES string of the molecule is Cc1ccc(C2CC(=O)NC(c3cc(CNC(=O)C(C)C)ccc3Cl)N2)nc1. The fraction of sp³-hybridized carbons (Fsp3) is 0.381. The molecule has 0 spiro atoms. The van der Waals surface area contributed by atoms with Gasteiger partial charge in [-0.25, -0.2) is 0 Å². The highest BCUT2D eigenvalue weighted by molar-refractivity contribution is 6.31. The maximum atomic E-state index is 12.3. The molecule has 1 fully saturated rings. The van der Waals surface area contributed by atoms with E-state index >= 15 is 0 Å². The van der Waals surface area contributed by atoms with E-state index in [9.17, 15) is 9.59 Å². The quantitative estimate of drug-likeness (QED) is 0.719. The lowest BCUT2D eigenvalue weighted by molar-refractivity contribution is -0.125. The molecule has 1 aliphatic heterocycles. The second-order valence-corrected chi connectivity index (χ2v) is 7.82. The molecule has 0 bridgehead atoms. The Kier molecular flexibility index (Phi) is 6.31. The highest BCUT2D eigenvalue weighted by Gasteiger charge is 2.29. The fourth-order valence-electron chi connectivity index (χ4n) is 3.07. The van der Waals surface area contributed by atoms with Gasteiger partial charge in [-0.15, -0.1) is 0 Å². The van der Waals surface area contributed by atoms with Crippen LogP contribution < -0.4 is 16.0 Å². The van der Waals surface area contributed by atoms with Crippen LogP contribution >= 0.6 is 11.6 Å². The zero-order chi connectivity index (χ0) is 20.3. The van der Waals surface area contributed by atoms with Crippen LogP contribution in [0.2, 0.25) is 5.02 Å². The molecule has 2 amide bonds. The number of aromatic nitrogens is 1. The first kappa shape index (κ1) is 20.3. The van der Waals surface area contributed by atoms with Crippen LogP contribution in [0.3, 0.4) is 0 Å². The minimum absolute atomic E-state index is 0.00824. The predicted octanol–water partition coefficient (Wildman–Crippen LogP) is 3.17. The summed E-state index contributed by atoms with van der Waals surface area (Å²) >= 11 is 6.41. The molecule has 2 unspecified atom stereocenters. The number of amides is 2. The number of hydrogen-bond donors (Lipinski definition) is 3. The Morgan fingerprint density at radius 2 is 2.11 bits per heavy atom. The van der Waals surface area contributed by atoms with E-state index in [1.165, 1.54) is 0 Å². The predicted molar refractivity (Wildman–Crippen MR) is 108 cm³/mol. The van der Waals surface area contributed by atoms with Crippen molar-refractivity contribution >= 4 is 23.4 Å². The van der Waals surface area contributed by atoms with Crippen LogP contribution in [0.25, 0.3) is 0 Å². The second-order valence-electron chi connectivity index (χ2n) is 7.41. The molecule has 1 saturated heterocycles. The van der Waals surface area contributed by atoms with Crippen molar-refractivity contribution in [3.05, 3.63) is 63.9 Å². The number of benzene rings is 1. The lowest BCUT2D eigenvalue weighted by Crippen LogP contribution is -2.47. The molecule has 28 heavy (non-hydrogen) atoms. The van der Waals surface area contributed by atoms with E-state index in [4.69, 9.17) is 11.6 Å². The van der Waals surface area contributed by atoms with Gasteiger partial charge in [0.15, 0.2) is 0 Å². The number of rotatable bonds is 5. The van der Waals surface area contributed by atoms with Crippen molar-refractivity contribution in [2.45, 2.75) is 45.9 Å². The molecule has 0 aliphatic carbocycles. The van der Waals surface area contributed by atoms with Crippen LogP contribution in [0.15, 0.2) is 36.5 Å². The summed E-state index contributed by atoms with van der Waals surface area (Å²) in [7, 11) is 0. The summed E-state index contributed by atoms with van der Waals surface area (Å²) in [5.41, 5.74) is 3.57. The molecule has 0 saturated carbocycles. The van der Waals surface area contributed by atoms with E-state index in [1.54, 1.807) is 12.3 Å². The van der Waals surface area contributed by atoms with E-state index in [-0.39, 0.29) is 23.8 Å². The van der Waals surface area contributed by atoms with E-state index in [0.717, 1.165) is 22.4 Å². The Bertz CT molecular complexity index is 867. The van der Waals surface area contributed by atoms with E-state index in [2.05, 4.69) is 20.9 Å². The van der Waals surface area contributed by atoms with Gasteiger partial charge in [-0.2, -0.15) is 0 Å². The van der Waals surface area contributed by atoms with Crippen LogP contribution in [0, 0.1) is 12.8 Å². The number of carbonyl (C=O) groups excluding carboxylic acids is 2. The molecule has 3 rings (SSSR count). The third-order valence-corrected chi connectivity index (χ3v) is 5.06. The molecule has 6 nitrogen and oxygen atoms in total. The van der Waals surface area contributed by atoms with Gasteiger partial charge in [0.25, 0.3) is 0 Å². The van der Waals surface area contributed by atoms with Crippen LogP contribution in [-0.4, -0.2) is 16.8 Å². The molecule has 2 aromatic rings. The minimum Gasteiger partial charge on any atom is -0.352 e. The molecule has 7 heteroatoms. The Morgan fingerprint density at radius 3 is 2.79 bits per heavy atom. The first-order valence-electron chi connectivity index (χ1n) is 9.37. The largest absolute Gasteiger partial charge is 0.352 e. The van der Waals surface area contributed by atoms with Gasteiger partial charge in [-0.1, -0.05) is 37.6 Å². The van der Waals surface area contributed by atoms with Crippen molar-refractivity contribution in [3.8, 4) is 0 Å². The van der Waals surface area contributed by atoms with Gasteiger partial charge in [0.05, 0.1) is 11.7 Å². The van der Waals surface area contributed by atoms with Crippen molar-refractivity contribution in [2.24, 2.45) is 5.92 Å². The first-order chi connectivity index (χ1) is 13.3. The van der Waals surface area contributed by atoms with Crippen molar-refractivity contribution in [1.82, 2.24) is 20.9 Å². The monoisotopic (exact) mass is 400 g/mol. The Hall–Kier alpha value is -2.44. The zero-order valence-electron chi connectivity index (χ0n) is 16.3. The normalized spacial score (nSPS) is 19.4. The standard InChI is InChI=1S/C21H25ClN4O2/c1-12(2)21(28)24-11-14-5-6-16(22)15(8-14)20-25-18(9-19(27)26-20)17-7-4-13(3)10-23-17/h4-8,10,12,18,20,25H,9,11H2,1-3H3,(H,24,28)(H,26,27). The molecule has 1 aromatic carbocycles. The van der Waals surface area contributed by atoms with Crippen LogP contribution in [-0.2, 0) is 16.1 Å². The first-order valence-corrected chi connectivity index (χ1v) is 9.75. The van der Waals surface area contributed by atoms with Crippen molar-refractivity contribution in [2.75, 3.05) is 0 Å². The number of hydrogen-bond acceptors (Lipinski definition) is 4. The highest BCUT2D eigenvalue weighted by Crippen LogP contribution is 2.29. The van der Waals surface area contributed by atoms with Crippen LogP contribution in [0.5, 0.6) is 0 Å². The third kappa shape index (κ3) is 4.88. The van der Waals surface area contributed by atoms with Gasteiger partial charge in [-0.05, 0) is 36.2 Å². The number of carbonyl (C=O) groups is 2. The summed E-state index contributed by atoms with van der Waals surface area (Å²) < 4.78 is 0. The number of pyridine rings is 1. The number of halogens is 1. The van der Waals surface area contributed by atoms with Gasteiger partial charge < -0.3 is 10.6 Å². The zero-order valence-corrected chi connectivity index (χ0v) is 17.0. The summed E-state index contributed by atoms with van der Waals surface area (Å²) in [6.07, 6.45) is 1.68. The summed E-state index contributed by atoms with van der Waals surface area (Å²) in [4.78, 5) is 28.6. The number of nitrogens with zero attached hydrogens (tertiary/aromatic N) is 1. The van der Waals surface area contributed by atoms with Gasteiger partial charge in [0.2, 0.25) is 11.8 Å². The fourth-order valence-corrected chi connectivity index (χ4v) is 3.29. The third-order valence-electron chi connectivity index (χ3n) is 4.72. The average molecular weight is 401 g/mol. The molecular weight excluding hydrogens is 376 g/mol. The van der Waals surface area contributed by atoms with Gasteiger partial charge >= 0.3 is 0 Å². The molecule has 1 aromatic heterocycles.